The van der Waals surface area contributed by atoms with E-state index in [-0.39, 0.29) is 0 Å². The third kappa shape index (κ3) is 9.28. The molecule has 0 bridgehead atoms. The summed E-state index contributed by atoms with van der Waals surface area (Å²) in [4.78, 5) is 24.3. The molecule has 0 radical (unpaired) electrons. The molecule has 0 saturated carbocycles. The Kier molecular flexibility index (Phi) is 10.6. The van der Waals surface area contributed by atoms with E-state index in [1.165, 1.54) is 11.3 Å². The first-order chi connectivity index (χ1) is 19.0. The molecule has 8 heteroatoms. The molecule has 7 nitrogen and oxygen atoms in total. The molecule has 4 aromatic rings. The lowest BCUT2D eigenvalue weighted by molar-refractivity contribution is -0.0167. The minimum Gasteiger partial charge on any atom is -0.443 e. The third-order valence-corrected chi connectivity index (χ3v) is 7.03. The van der Waals surface area contributed by atoms with Crippen LogP contribution in [0.3, 0.4) is 0 Å². The van der Waals surface area contributed by atoms with Crippen molar-refractivity contribution in [3.8, 4) is 11.3 Å². The Morgan fingerprint density at radius 2 is 1.77 bits per heavy atom. The second-order valence-electron chi connectivity index (χ2n) is 10.0. The number of ether oxygens (including phenoxy) is 1. The maximum absolute atomic E-state index is 12.7. The van der Waals surface area contributed by atoms with Gasteiger partial charge in [0.2, 0.25) is 0 Å². The molecule has 0 spiro atoms. The summed E-state index contributed by atoms with van der Waals surface area (Å²) in [7, 11) is 0. The standard InChI is InChI=1S/C31H36N4O3S/c1-23(2)19-35(20-25-11-13-26(14-12-25)28-10-6-7-15-33-28)21-29(36)30(16-24-8-4-3-5-9-24)38-31(37)34-18-27-17-32-22-39-27/h3-15,17,22-23,29-30,36H,16,18-21H2,1-2H3,(H,34,37). The van der Waals surface area contributed by atoms with Crippen LogP contribution in [-0.4, -0.2) is 51.4 Å². The average Bonchev–Trinajstić information content (AvgIpc) is 3.46. The highest BCUT2D eigenvalue weighted by atomic mass is 32.1. The fourth-order valence-corrected chi connectivity index (χ4v) is 4.98. The molecule has 0 saturated heterocycles. The minimum absolute atomic E-state index is 0.339. The molecule has 39 heavy (non-hydrogen) atoms. The average molecular weight is 545 g/mol. The number of alkyl carbamates (subject to hydrolysis) is 1. The first kappa shape index (κ1) is 28.4. The van der Waals surface area contributed by atoms with Crippen LogP contribution < -0.4 is 5.32 Å². The summed E-state index contributed by atoms with van der Waals surface area (Å²) in [5.74, 6) is 0.404. The predicted octanol–water partition coefficient (Wildman–Crippen LogP) is 5.56. The molecule has 2 heterocycles. The van der Waals surface area contributed by atoms with Crippen LogP contribution in [0, 0.1) is 5.92 Å². The number of benzene rings is 2. The van der Waals surface area contributed by atoms with Crippen molar-refractivity contribution in [3.05, 3.63) is 107 Å². The zero-order valence-corrected chi connectivity index (χ0v) is 23.3. The van der Waals surface area contributed by atoms with E-state index in [0.29, 0.717) is 32.0 Å². The molecule has 2 unspecified atom stereocenters. The summed E-state index contributed by atoms with van der Waals surface area (Å²) in [5, 5.41) is 14.1. The zero-order chi connectivity index (χ0) is 27.5. The highest BCUT2D eigenvalue weighted by molar-refractivity contribution is 7.09. The molecule has 4 rings (SSSR count). The van der Waals surface area contributed by atoms with Gasteiger partial charge in [-0.3, -0.25) is 14.9 Å². The Balaban J connectivity index is 1.43. The number of carbonyl (C=O) groups is 1. The van der Waals surface area contributed by atoms with Crippen LogP contribution in [0.25, 0.3) is 11.3 Å². The highest BCUT2D eigenvalue weighted by Crippen LogP contribution is 2.19. The van der Waals surface area contributed by atoms with Gasteiger partial charge >= 0.3 is 6.09 Å². The topological polar surface area (TPSA) is 87.6 Å². The van der Waals surface area contributed by atoms with E-state index in [0.717, 1.165) is 33.8 Å². The number of nitrogens with one attached hydrogen (secondary N) is 1. The Bertz CT molecular complexity index is 1250. The zero-order valence-electron chi connectivity index (χ0n) is 22.4. The summed E-state index contributed by atoms with van der Waals surface area (Å²) in [5.41, 5.74) is 5.87. The third-order valence-electron chi connectivity index (χ3n) is 6.25. The summed E-state index contributed by atoms with van der Waals surface area (Å²) in [6.07, 6.45) is 1.81. The van der Waals surface area contributed by atoms with Crippen LogP contribution in [0.15, 0.2) is 90.7 Å². The monoisotopic (exact) mass is 544 g/mol. The van der Waals surface area contributed by atoms with Crippen molar-refractivity contribution in [3.63, 3.8) is 0 Å². The summed E-state index contributed by atoms with van der Waals surface area (Å²) >= 11 is 1.47. The van der Waals surface area contributed by atoms with Crippen LogP contribution in [0.4, 0.5) is 4.79 Å². The Labute approximate surface area is 234 Å². The molecule has 2 aromatic heterocycles. The quantitative estimate of drug-likeness (QED) is 0.229. The van der Waals surface area contributed by atoms with Gasteiger partial charge in [-0.25, -0.2) is 4.79 Å². The number of nitrogens with zero attached hydrogens (tertiary/aromatic N) is 3. The van der Waals surface area contributed by atoms with E-state index in [2.05, 4.69) is 58.3 Å². The molecule has 0 aliphatic rings. The van der Waals surface area contributed by atoms with Gasteiger partial charge in [0.15, 0.2) is 0 Å². The summed E-state index contributed by atoms with van der Waals surface area (Å²) < 4.78 is 5.79. The molecular weight excluding hydrogens is 508 g/mol. The largest absolute Gasteiger partial charge is 0.443 e. The molecule has 0 aliphatic carbocycles. The van der Waals surface area contributed by atoms with Gasteiger partial charge in [-0.2, -0.15) is 0 Å². The molecule has 2 atom stereocenters. The lowest BCUT2D eigenvalue weighted by atomic mass is 10.0. The second kappa shape index (κ2) is 14.5. The fourth-order valence-electron chi connectivity index (χ4n) is 4.45. The summed E-state index contributed by atoms with van der Waals surface area (Å²) in [6.45, 7) is 6.51. The molecular formula is C31H36N4O3S. The van der Waals surface area contributed by atoms with Crippen molar-refractivity contribution in [1.82, 2.24) is 20.2 Å². The maximum Gasteiger partial charge on any atom is 0.407 e. The van der Waals surface area contributed by atoms with E-state index in [4.69, 9.17) is 4.74 Å². The number of thiazole rings is 1. The number of amides is 1. The number of rotatable bonds is 13. The van der Waals surface area contributed by atoms with E-state index in [9.17, 15) is 9.90 Å². The lowest BCUT2D eigenvalue weighted by Crippen LogP contribution is -2.44. The molecule has 204 valence electrons. The first-order valence-electron chi connectivity index (χ1n) is 13.2. The highest BCUT2D eigenvalue weighted by Gasteiger charge is 2.26. The number of aliphatic hydroxyl groups excluding tert-OH is 1. The van der Waals surface area contributed by atoms with Crippen molar-refractivity contribution < 1.29 is 14.6 Å². The lowest BCUT2D eigenvalue weighted by Gasteiger charge is -2.30. The van der Waals surface area contributed by atoms with E-state index in [1.54, 1.807) is 17.9 Å². The van der Waals surface area contributed by atoms with Crippen molar-refractivity contribution in [2.75, 3.05) is 13.1 Å². The molecule has 0 fully saturated rings. The van der Waals surface area contributed by atoms with Gasteiger partial charge in [0.05, 0.1) is 17.7 Å². The maximum atomic E-state index is 12.7. The van der Waals surface area contributed by atoms with E-state index in [1.807, 2.05) is 48.5 Å². The number of pyridine rings is 1. The fraction of sp³-hybridized carbons (Fsp3) is 0.323. The normalized spacial score (nSPS) is 12.8. The van der Waals surface area contributed by atoms with Gasteiger partial charge in [-0.1, -0.05) is 74.5 Å². The first-order valence-corrected chi connectivity index (χ1v) is 14.1. The van der Waals surface area contributed by atoms with Gasteiger partial charge < -0.3 is 15.2 Å². The smallest absolute Gasteiger partial charge is 0.407 e. The van der Waals surface area contributed by atoms with Gasteiger partial charge in [0.1, 0.15) is 12.2 Å². The number of carbonyl (C=O) groups excluding carboxylic acids is 1. The van der Waals surface area contributed by atoms with Gasteiger partial charge in [-0.15, -0.1) is 11.3 Å². The Morgan fingerprint density at radius 1 is 1.00 bits per heavy atom. The Morgan fingerprint density at radius 3 is 2.44 bits per heavy atom. The number of aliphatic hydroxyl groups is 1. The minimum atomic E-state index is -0.870. The van der Waals surface area contributed by atoms with Crippen molar-refractivity contribution in [1.29, 1.82) is 0 Å². The van der Waals surface area contributed by atoms with Crippen LogP contribution in [0.1, 0.15) is 29.9 Å². The van der Waals surface area contributed by atoms with E-state index >= 15 is 0 Å². The Hall–Kier alpha value is -3.59. The number of hydrogen-bond donors (Lipinski definition) is 2. The van der Waals surface area contributed by atoms with Crippen molar-refractivity contribution >= 4 is 17.4 Å². The second-order valence-corrected chi connectivity index (χ2v) is 11.0. The predicted molar refractivity (Wildman–Crippen MR) is 155 cm³/mol. The number of hydrogen-bond acceptors (Lipinski definition) is 7. The SMILES string of the molecule is CC(C)CN(Cc1ccc(-c2ccccn2)cc1)CC(O)C(Cc1ccccc1)OC(=O)NCc1cncs1. The van der Waals surface area contributed by atoms with Crippen LogP contribution in [0.2, 0.25) is 0 Å². The molecule has 0 aliphatic heterocycles. The van der Waals surface area contributed by atoms with E-state index < -0.39 is 18.3 Å². The van der Waals surface area contributed by atoms with Crippen molar-refractivity contribution in [2.24, 2.45) is 5.92 Å². The van der Waals surface area contributed by atoms with Crippen molar-refractivity contribution in [2.45, 2.75) is 45.6 Å². The molecule has 2 aromatic carbocycles. The van der Waals surface area contributed by atoms with Gasteiger partial charge in [-0.05, 0) is 29.2 Å². The molecule has 1 amide bonds. The summed E-state index contributed by atoms with van der Waals surface area (Å²) in [6, 6.07) is 24.1. The van der Waals surface area contributed by atoms with Gasteiger partial charge in [0.25, 0.3) is 0 Å². The van der Waals surface area contributed by atoms with Crippen LogP contribution in [-0.2, 0) is 24.2 Å². The van der Waals surface area contributed by atoms with Crippen LogP contribution >= 0.6 is 11.3 Å². The van der Waals surface area contributed by atoms with Gasteiger partial charge in [0, 0.05) is 48.9 Å². The molecule has 2 N–H and O–H groups in total. The van der Waals surface area contributed by atoms with Crippen LogP contribution in [0.5, 0.6) is 0 Å². The number of aromatic nitrogens is 2.